The Hall–Kier alpha value is -2.32. The predicted molar refractivity (Wildman–Crippen MR) is 80.3 cm³/mol. The summed E-state index contributed by atoms with van der Waals surface area (Å²) in [5, 5.41) is 3.59. The van der Waals surface area contributed by atoms with Crippen LogP contribution in [0.25, 0.3) is 0 Å². The molecular formula is C18H17NO. The van der Waals surface area contributed by atoms with Gasteiger partial charge in [-0.3, -0.25) is 0 Å². The van der Waals surface area contributed by atoms with E-state index in [0.717, 1.165) is 12.1 Å². The molecule has 1 N–H and O–H groups in total. The quantitative estimate of drug-likeness (QED) is 0.747. The van der Waals surface area contributed by atoms with Gasteiger partial charge in [0.25, 0.3) is 0 Å². The van der Waals surface area contributed by atoms with Crippen LogP contribution in [0.5, 0.6) is 0 Å². The Morgan fingerprint density at radius 2 is 1.40 bits per heavy atom. The van der Waals surface area contributed by atoms with Crippen LogP contribution in [-0.2, 0) is 6.54 Å². The van der Waals surface area contributed by atoms with Crippen molar-refractivity contribution in [2.75, 3.05) is 0 Å². The Morgan fingerprint density at radius 3 is 1.90 bits per heavy atom. The molecule has 0 aliphatic heterocycles. The fourth-order valence-corrected chi connectivity index (χ4v) is 2.33. The van der Waals surface area contributed by atoms with E-state index in [1.54, 1.807) is 12.5 Å². The largest absolute Gasteiger partial charge is 0.472 e. The number of nitrogens with one attached hydrogen (secondary N) is 1. The molecule has 2 heteroatoms. The molecule has 0 aliphatic carbocycles. The Labute approximate surface area is 119 Å². The molecule has 3 rings (SSSR count). The zero-order chi connectivity index (χ0) is 13.6. The van der Waals surface area contributed by atoms with Gasteiger partial charge in [-0.15, -0.1) is 0 Å². The highest BCUT2D eigenvalue weighted by atomic mass is 16.3. The molecule has 0 bridgehead atoms. The Bertz CT molecular complexity index is 578. The second-order valence-electron chi connectivity index (χ2n) is 4.77. The van der Waals surface area contributed by atoms with E-state index in [9.17, 15) is 0 Å². The van der Waals surface area contributed by atoms with E-state index in [1.807, 2.05) is 18.2 Å². The average Bonchev–Trinajstić information content (AvgIpc) is 3.03. The molecule has 1 aromatic heterocycles. The van der Waals surface area contributed by atoms with Gasteiger partial charge < -0.3 is 9.73 Å². The summed E-state index contributed by atoms with van der Waals surface area (Å²) in [6, 6.07) is 23.2. The lowest BCUT2D eigenvalue weighted by molar-refractivity contribution is 0.554. The van der Waals surface area contributed by atoms with Crippen molar-refractivity contribution in [1.82, 2.24) is 5.32 Å². The monoisotopic (exact) mass is 263 g/mol. The van der Waals surface area contributed by atoms with Gasteiger partial charge in [-0.1, -0.05) is 60.7 Å². The zero-order valence-electron chi connectivity index (χ0n) is 11.2. The molecule has 0 saturated carbocycles. The molecule has 0 atom stereocenters. The van der Waals surface area contributed by atoms with Gasteiger partial charge in [0.15, 0.2) is 0 Å². The van der Waals surface area contributed by atoms with Gasteiger partial charge in [-0.2, -0.15) is 0 Å². The maximum Gasteiger partial charge on any atom is 0.0947 e. The molecule has 100 valence electrons. The lowest BCUT2D eigenvalue weighted by Crippen LogP contribution is -2.21. The van der Waals surface area contributed by atoms with Crippen molar-refractivity contribution < 1.29 is 4.42 Å². The van der Waals surface area contributed by atoms with E-state index in [1.165, 1.54) is 11.1 Å². The van der Waals surface area contributed by atoms with E-state index in [2.05, 4.69) is 53.8 Å². The fourth-order valence-electron chi connectivity index (χ4n) is 2.33. The third-order valence-electron chi connectivity index (χ3n) is 3.36. The molecular weight excluding hydrogens is 246 g/mol. The lowest BCUT2D eigenvalue weighted by atomic mass is 9.98. The highest BCUT2D eigenvalue weighted by molar-refractivity contribution is 5.31. The van der Waals surface area contributed by atoms with Gasteiger partial charge in [0.2, 0.25) is 0 Å². The minimum absolute atomic E-state index is 0.187. The second kappa shape index (κ2) is 6.22. The Morgan fingerprint density at radius 1 is 0.800 bits per heavy atom. The molecule has 0 fully saturated rings. The van der Waals surface area contributed by atoms with Crippen LogP contribution in [0.15, 0.2) is 83.7 Å². The van der Waals surface area contributed by atoms with E-state index in [-0.39, 0.29) is 6.04 Å². The summed E-state index contributed by atoms with van der Waals surface area (Å²) in [6.07, 6.45) is 3.48. The summed E-state index contributed by atoms with van der Waals surface area (Å²) in [4.78, 5) is 0. The van der Waals surface area contributed by atoms with E-state index < -0.39 is 0 Å². The number of furan rings is 1. The highest BCUT2D eigenvalue weighted by Crippen LogP contribution is 2.22. The number of hydrogen-bond donors (Lipinski definition) is 1. The minimum atomic E-state index is 0.187. The van der Waals surface area contributed by atoms with E-state index in [4.69, 9.17) is 4.42 Å². The molecule has 3 aromatic rings. The van der Waals surface area contributed by atoms with Gasteiger partial charge >= 0.3 is 0 Å². The maximum absolute atomic E-state index is 5.12. The SMILES string of the molecule is c1ccc(C(NCc2ccoc2)c2ccccc2)cc1. The van der Waals surface area contributed by atoms with Gasteiger partial charge in [0.1, 0.15) is 0 Å². The molecule has 1 heterocycles. The van der Waals surface area contributed by atoms with E-state index in [0.29, 0.717) is 0 Å². The van der Waals surface area contributed by atoms with Crippen molar-refractivity contribution in [1.29, 1.82) is 0 Å². The number of rotatable bonds is 5. The first-order chi connectivity index (χ1) is 9.93. The van der Waals surface area contributed by atoms with Crippen LogP contribution >= 0.6 is 0 Å². The van der Waals surface area contributed by atoms with Crippen LogP contribution in [-0.4, -0.2) is 0 Å². The van der Waals surface area contributed by atoms with Crippen LogP contribution < -0.4 is 5.32 Å². The van der Waals surface area contributed by atoms with Crippen molar-refractivity contribution in [3.63, 3.8) is 0 Å². The molecule has 2 aromatic carbocycles. The normalized spacial score (nSPS) is 10.8. The minimum Gasteiger partial charge on any atom is -0.472 e. The third-order valence-corrected chi connectivity index (χ3v) is 3.36. The first-order valence-corrected chi connectivity index (χ1v) is 6.78. The van der Waals surface area contributed by atoms with Crippen molar-refractivity contribution >= 4 is 0 Å². The first-order valence-electron chi connectivity index (χ1n) is 6.78. The molecule has 0 radical (unpaired) electrons. The van der Waals surface area contributed by atoms with Crippen LogP contribution in [0.1, 0.15) is 22.7 Å². The van der Waals surface area contributed by atoms with Crippen LogP contribution in [0.4, 0.5) is 0 Å². The molecule has 0 amide bonds. The molecule has 2 nitrogen and oxygen atoms in total. The Balaban J connectivity index is 1.84. The van der Waals surface area contributed by atoms with Crippen LogP contribution in [0.3, 0.4) is 0 Å². The van der Waals surface area contributed by atoms with Crippen molar-refractivity contribution in [2.24, 2.45) is 0 Å². The maximum atomic E-state index is 5.12. The predicted octanol–water partition coefficient (Wildman–Crippen LogP) is 4.16. The van der Waals surface area contributed by atoms with Gasteiger partial charge in [-0.05, 0) is 17.2 Å². The molecule has 0 saturated heterocycles. The van der Waals surface area contributed by atoms with Crippen LogP contribution in [0, 0.1) is 0 Å². The summed E-state index contributed by atoms with van der Waals surface area (Å²) in [7, 11) is 0. The number of benzene rings is 2. The second-order valence-corrected chi connectivity index (χ2v) is 4.77. The van der Waals surface area contributed by atoms with Gasteiger partial charge in [0, 0.05) is 12.1 Å². The summed E-state index contributed by atoms with van der Waals surface area (Å²) in [5.74, 6) is 0. The van der Waals surface area contributed by atoms with Crippen LogP contribution in [0.2, 0.25) is 0 Å². The lowest BCUT2D eigenvalue weighted by Gasteiger charge is -2.19. The first kappa shape index (κ1) is 12.7. The molecule has 0 spiro atoms. The Kier molecular flexibility index (Phi) is 3.95. The molecule has 0 aliphatic rings. The van der Waals surface area contributed by atoms with Gasteiger partial charge in [0.05, 0.1) is 18.6 Å². The third kappa shape index (κ3) is 2.98. The summed E-state index contributed by atoms with van der Waals surface area (Å²) >= 11 is 0. The highest BCUT2D eigenvalue weighted by Gasteiger charge is 2.12. The van der Waals surface area contributed by atoms with E-state index >= 15 is 0 Å². The number of hydrogen-bond acceptors (Lipinski definition) is 2. The topological polar surface area (TPSA) is 25.2 Å². The molecule has 0 unspecified atom stereocenters. The van der Waals surface area contributed by atoms with Gasteiger partial charge in [-0.25, -0.2) is 0 Å². The van der Waals surface area contributed by atoms with Crippen molar-refractivity contribution in [3.8, 4) is 0 Å². The zero-order valence-corrected chi connectivity index (χ0v) is 11.2. The smallest absolute Gasteiger partial charge is 0.0947 e. The standard InChI is InChI=1S/C18H17NO/c1-3-7-16(8-4-1)18(17-9-5-2-6-10-17)19-13-15-11-12-20-14-15/h1-12,14,18-19H,13H2. The summed E-state index contributed by atoms with van der Waals surface area (Å²) < 4.78 is 5.12. The van der Waals surface area contributed by atoms with Crippen molar-refractivity contribution in [2.45, 2.75) is 12.6 Å². The fraction of sp³-hybridized carbons (Fsp3) is 0.111. The van der Waals surface area contributed by atoms with Crippen molar-refractivity contribution in [3.05, 3.63) is 95.9 Å². The summed E-state index contributed by atoms with van der Waals surface area (Å²) in [6.45, 7) is 0.783. The average molecular weight is 263 g/mol. The molecule has 20 heavy (non-hydrogen) atoms. The summed E-state index contributed by atoms with van der Waals surface area (Å²) in [5.41, 5.74) is 3.69.